The standard InChI is InChI=1S/C27H30N4O3S/c32-27(30-11-15-34-16-12-30)25-23-18-35-24-4-2-1-3-22(24)26(23)31(29-25)21-7-5-19(6-8-21)17-28-20-9-13-33-14-10-20/h1-8,20,28H,9-18H2. The Kier molecular flexibility index (Phi) is 6.61. The van der Waals surface area contributed by atoms with E-state index < -0.39 is 0 Å². The summed E-state index contributed by atoms with van der Waals surface area (Å²) < 4.78 is 12.9. The van der Waals surface area contributed by atoms with E-state index in [9.17, 15) is 4.79 Å². The first kappa shape index (κ1) is 22.8. The number of nitrogens with one attached hydrogen (secondary N) is 1. The molecule has 0 bridgehead atoms. The summed E-state index contributed by atoms with van der Waals surface area (Å²) in [4.78, 5) is 16.6. The van der Waals surface area contributed by atoms with Crippen LogP contribution in [0.2, 0.25) is 0 Å². The Morgan fingerprint density at radius 1 is 1.00 bits per heavy atom. The van der Waals surface area contributed by atoms with Gasteiger partial charge in [-0.1, -0.05) is 30.3 Å². The van der Waals surface area contributed by atoms with Gasteiger partial charge in [0.15, 0.2) is 5.69 Å². The molecule has 0 radical (unpaired) electrons. The summed E-state index contributed by atoms with van der Waals surface area (Å²) in [5.41, 5.74) is 5.96. The van der Waals surface area contributed by atoms with E-state index in [2.05, 4.69) is 53.8 Å². The Morgan fingerprint density at radius 3 is 2.54 bits per heavy atom. The number of carbonyl (C=O) groups excluding carboxylic acids is 1. The van der Waals surface area contributed by atoms with E-state index in [1.54, 1.807) is 11.8 Å². The highest BCUT2D eigenvalue weighted by Gasteiger charge is 2.31. The minimum atomic E-state index is 0.000521. The molecule has 3 aliphatic heterocycles. The van der Waals surface area contributed by atoms with Gasteiger partial charge < -0.3 is 19.7 Å². The lowest BCUT2D eigenvalue weighted by Crippen LogP contribution is -2.41. The van der Waals surface area contributed by atoms with Gasteiger partial charge in [-0.25, -0.2) is 4.68 Å². The number of rotatable bonds is 5. The van der Waals surface area contributed by atoms with Crippen LogP contribution in [0, 0.1) is 0 Å². The number of carbonyl (C=O) groups is 1. The van der Waals surface area contributed by atoms with Crippen molar-refractivity contribution in [1.82, 2.24) is 20.0 Å². The second-order valence-electron chi connectivity index (χ2n) is 9.21. The summed E-state index contributed by atoms with van der Waals surface area (Å²) >= 11 is 1.77. The third-order valence-electron chi connectivity index (χ3n) is 7.00. The lowest BCUT2D eigenvalue weighted by molar-refractivity contribution is 0.0298. The molecule has 3 aliphatic rings. The lowest BCUT2D eigenvalue weighted by Gasteiger charge is -2.26. The van der Waals surface area contributed by atoms with Crippen molar-refractivity contribution in [2.24, 2.45) is 0 Å². The Hall–Kier alpha value is -2.65. The molecule has 1 amide bonds. The summed E-state index contributed by atoms with van der Waals surface area (Å²) in [6.45, 7) is 4.89. The fraction of sp³-hybridized carbons (Fsp3) is 0.407. The number of benzene rings is 2. The number of morpholine rings is 1. The molecule has 0 unspecified atom stereocenters. The molecular weight excluding hydrogens is 460 g/mol. The fourth-order valence-electron chi connectivity index (χ4n) is 5.00. The van der Waals surface area contributed by atoms with Gasteiger partial charge in [0.25, 0.3) is 5.91 Å². The zero-order valence-corrected chi connectivity index (χ0v) is 20.6. The molecule has 182 valence electrons. The third kappa shape index (κ3) is 4.63. The van der Waals surface area contributed by atoms with Gasteiger partial charge in [-0.2, -0.15) is 5.10 Å². The molecule has 35 heavy (non-hydrogen) atoms. The monoisotopic (exact) mass is 490 g/mol. The second-order valence-corrected chi connectivity index (χ2v) is 10.2. The molecule has 7 nitrogen and oxygen atoms in total. The van der Waals surface area contributed by atoms with Crippen LogP contribution < -0.4 is 5.32 Å². The molecule has 0 saturated carbocycles. The fourth-order valence-corrected chi connectivity index (χ4v) is 6.06. The number of thioether (sulfide) groups is 1. The second kappa shape index (κ2) is 10.1. The summed E-state index contributed by atoms with van der Waals surface area (Å²) in [5.74, 6) is 0.741. The van der Waals surface area contributed by atoms with Gasteiger partial charge in [0.05, 0.1) is 24.6 Å². The molecule has 2 saturated heterocycles. The van der Waals surface area contributed by atoms with E-state index in [1.807, 2.05) is 9.58 Å². The highest BCUT2D eigenvalue weighted by atomic mass is 32.2. The number of fused-ring (bicyclic) bond motifs is 3. The Labute approximate surface area is 209 Å². The molecule has 2 fully saturated rings. The summed E-state index contributed by atoms with van der Waals surface area (Å²) in [7, 11) is 0. The van der Waals surface area contributed by atoms with Crippen LogP contribution in [0.5, 0.6) is 0 Å². The molecule has 6 rings (SSSR count). The number of aromatic nitrogens is 2. The molecule has 0 aliphatic carbocycles. The van der Waals surface area contributed by atoms with Crippen molar-refractivity contribution < 1.29 is 14.3 Å². The lowest BCUT2D eigenvalue weighted by atomic mass is 10.0. The first-order chi connectivity index (χ1) is 17.3. The number of amides is 1. The normalized spacial score (nSPS) is 18.2. The summed E-state index contributed by atoms with van der Waals surface area (Å²) in [6.07, 6.45) is 2.13. The van der Waals surface area contributed by atoms with Crippen LogP contribution in [0.4, 0.5) is 0 Å². The van der Waals surface area contributed by atoms with Crippen LogP contribution in [0.25, 0.3) is 16.9 Å². The topological polar surface area (TPSA) is 68.6 Å². The maximum atomic E-state index is 13.5. The van der Waals surface area contributed by atoms with Gasteiger partial charge in [0.1, 0.15) is 0 Å². The molecule has 1 aromatic heterocycles. The third-order valence-corrected chi connectivity index (χ3v) is 8.10. The highest BCUT2D eigenvalue weighted by Crippen LogP contribution is 2.43. The number of nitrogens with zero attached hydrogens (tertiary/aromatic N) is 3. The molecule has 1 N–H and O–H groups in total. The molecule has 2 aromatic carbocycles. The van der Waals surface area contributed by atoms with Crippen molar-refractivity contribution in [3.05, 3.63) is 65.4 Å². The van der Waals surface area contributed by atoms with Crippen molar-refractivity contribution in [3.8, 4) is 16.9 Å². The van der Waals surface area contributed by atoms with Gasteiger partial charge in [-0.05, 0) is 36.6 Å². The molecule has 0 spiro atoms. The number of ether oxygens (including phenoxy) is 2. The van der Waals surface area contributed by atoms with E-state index in [-0.39, 0.29) is 5.91 Å². The predicted molar refractivity (Wildman–Crippen MR) is 136 cm³/mol. The van der Waals surface area contributed by atoms with E-state index in [1.165, 1.54) is 10.5 Å². The number of hydrogen-bond acceptors (Lipinski definition) is 6. The van der Waals surface area contributed by atoms with E-state index in [0.29, 0.717) is 38.0 Å². The Morgan fingerprint density at radius 2 is 1.74 bits per heavy atom. The molecular formula is C27H30N4O3S. The first-order valence-electron chi connectivity index (χ1n) is 12.4. The maximum Gasteiger partial charge on any atom is 0.274 e. The van der Waals surface area contributed by atoms with Gasteiger partial charge in [0, 0.05) is 60.7 Å². The van der Waals surface area contributed by atoms with Crippen LogP contribution in [-0.4, -0.2) is 66.1 Å². The van der Waals surface area contributed by atoms with Gasteiger partial charge in [-0.15, -0.1) is 11.8 Å². The first-order valence-corrected chi connectivity index (χ1v) is 13.4. The zero-order valence-electron chi connectivity index (χ0n) is 19.7. The molecule has 8 heteroatoms. The van der Waals surface area contributed by atoms with Gasteiger partial charge in [0.2, 0.25) is 0 Å². The highest BCUT2D eigenvalue weighted by molar-refractivity contribution is 7.98. The van der Waals surface area contributed by atoms with E-state index in [0.717, 1.165) is 60.9 Å². The maximum absolute atomic E-state index is 13.5. The van der Waals surface area contributed by atoms with E-state index in [4.69, 9.17) is 14.6 Å². The molecule has 0 atom stereocenters. The average Bonchev–Trinajstić information content (AvgIpc) is 3.33. The summed E-state index contributed by atoms with van der Waals surface area (Å²) in [6, 6.07) is 17.5. The minimum absolute atomic E-state index is 0.000521. The molecule has 4 heterocycles. The summed E-state index contributed by atoms with van der Waals surface area (Å²) in [5, 5.41) is 8.58. The Bertz CT molecular complexity index is 1200. The van der Waals surface area contributed by atoms with Crippen LogP contribution in [0.1, 0.15) is 34.5 Å². The van der Waals surface area contributed by atoms with Crippen LogP contribution in [0.15, 0.2) is 53.4 Å². The van der Waals surface area contributed by atoms with Gasteiger partial charge >= 0.3 is 0 Å². The zero-order chi connectivity index (χ0) is 23.6. The van der Waals surface area contributed by atoms with Crippen LogP contribution in [-0.2, 0) is 21.8 Å². The quantitative estimate of drug-likeness (QED) is 0.585. The minimum Gasteiger partial charge on any atom is -0.381 e. The van der Waals surface area contributed by atoms with Crippen molar-refractivity contribution in [2.45, 2.75) is 36.1 Å². The number of hydrogen-bond donors (Lipinski definition) is 1. The van der Waals surface area contributed by atoms with Gasteiger partial charge in [-0.3, -0.25) is 4.79 Å². The smallest absolute Gasteiger partial charge is 0.274 e. The van der Waals surface area contributed by atoms with Crippen molar-refractivity contribution in [3.63, 3.8) is 0 Å². The molecule has 3 aromatic rings. The van der Waals surface area contributed by atoms with Crippen LogP contribution in [0.3, 0.4) is 0 Å². The average molecular weight is 491 g/mol. The SMILES string of the molecule is O=C(c1nn(-c2ccc(CNC3CCOCC3)cc2)c2c1CSc1ccccc1-2)N1CCOCC1. The van der Waals surface area contributed by atoms with Crippen molar-refractivity contribution >= 4 is 17.7 Å². The van der Waals surface area contributed by atoms with Crippen molar-refractivity contribution in [1.29, 1.82) is 0 Å². The van der Waals surface area contributed by atoms with E-state index >= 15 is 0 Å². The predicted octanol–water partition coefficient (Wildman–Crippen LogP) is 3.89. The largest absolute Gasteiger partial charge is 0.381 e. The van der Waals surface area contributed by atoms with Crippen LogP contribution >= 0.6 is 11.8 Å². The van der Waals surface area contributed by atoms with Crippen molar-refractivity contribution in [2.75, 3.05) is 39.5 Å². The Balaban J connectivity index is 1.32.